The Hall–Kier alpha value is -1.95. The topological polar surface area (TPSA) is 74.3 Å². The lowest BCUT2D eigenvalue weighted by molar-refractivity contribution is 0.0931. The molecule has 23 heavy (non-hydrogen) atoms. The van der Waals surface area contributed by atoms with Gasteiger partial charge < -0.3 is 15.5 Å². The molecule has 1 heterocycles. The van der Waals surface area contributed by atoms with Gasteiger partial charge in [-0.1, -0.05) is 18.9 Å². The highest BCUT2D eigenvalue weighted by Crippen LogP contribution is 2.17. The van der Waals surface area contributed by atoms with Crippen molar-refractivity contribution in [2.45, 2.75) is 38.1 Å². The molecule has 1 aliphatic rings. The molecule has 6 nitrogen and oxygen atoms in total. The Morgan fingerprint density at radius 1 is 1.17 bits per heavy atom. The van der Waals surface area contributed by atoms with E-state index in [2.05, 4.69) is 20.5 Å². The SMILES string of the molecule is CN(C)CCCNC(=O)c1cccc(C(=O)NC2CCCC2)n1. The van der Waals surface area contributed by atoms with Crippen molar-refractivity contribution >= 4 is 11.8 Å². The Morgan fingerprint density at radius 3 is 2.48 bits per heavy atom. The predicted octanol–water partition coefficient (Wildman–Crippen LogP) is 1.44. The average molecular weight is 318 g/mol. The quantitative estimate of drug-likeness (QED) is 0.746. The van der Waals surface area contributed by atoms with E-state index in [-0.39, 0.29) is 23.6 Å². The largest absolute Gasteiger partial charge is 0.351 e. The molecule has 0 spiro atoms. The summed E-state index contributed by atoms with van der Waals surface area (Å²) in [7, 11) is 3.99. The average Bonchev–Trinajstić information content (AvgIpc) is 3.04. The molecule has 1 fully saturated rings. The van der Waals surface area contributed by atoms with E-state index in [0.29, 0.717) is 12.2 Å². The van der Waals surface area contributed by atoms with Crippen LogP contribution in [0, 0.1) is 0 Å². The standard InChI is InChI=1S/C17H26N4O2/c1-21(2)12-6-11-18-16(22)14-9-5-10-15(20-14)17(23)19-13-7-3-4-8-13/h5,9-10,13H,3-4,6-8,11-12H2,1-2H3,(H,18,22)(H,19,23). The van der Waals surface area contributed by atoms with Gasteiger partial charge in [-0.05, 0) is 52.0 Å². The molecule has 1 aromatic rings. The van der Waals surface area contributed by atoms with Gasteiger partial charge >= 0.3 is 0 Å². The molecule has 0 unspecified atom stereocenters. The number of carbonyl (C=O) groups excluding carboxylic acids is 2. The van der Waals surface area contributed by atoms with Gasteiger partial charge in [-0.25, -0.2) is 4.98 Å². The minimum atomic E-state index is -0.237. The van der Waals surface area contributed by atoms with Crippen LogP contribution >= 0.6 is 0 Å². The highest BCUT2D eigenvalue weighted by atomic mass is 16.2. The van der Waals surface area contributed by atoms with Gasteiger partial charge in [0.2, 0.25) is 0 Å². The number of carbonyl (C=O) groups is 2. The van der Waals surface area contributed by atoms with E-state index in [4.69, 9.17) is 0 Å². The van der Waals surface area contributed by atoms with E-state index in [1.54, 1.807) is 18.2 Å². The van der Waals surface area contributed by atoms with E-state index in [1.165, 1.54) is 0 Å². The molecule has 6 heteroatoms. The number of hydrogen-bond acceptors (Lipinski definition) is 4. The van der Waals surface area contributed by atoms with E-state index < -0.39 is 0 Å². The number of rotatable bonds is 7. The zero-order chi connectivity index (χ0) is 16.7. The molecular weight excluding hydrogens is 292 g/mol. The summed E-state index contributed by atoms with van der Waals surface area (Å²) in [6.07, 6.45) is 5.25. The van der Waals surface area contributed by atoms with E-state index >= 15 is 0 Å². The van der Waals surface area contributed by atoms with Crippen molar-refractivity contribution in [3.8, 4) is 0 Å². The molecule has 126 valence electrons. The number of hydrogen-bond donors (Lipinski definition) is 2. The summed E-state index contributed by atoms with van der Waals surface area (Å²) >= 11 is 0. The lowest BCUT2D eigenvalue weighted by atomic mass is 10.2. The predicted molar refractivity (Wildman–Crippen MR) is 89.5 cm³/mol. The maximum absolute atomic E-state index is 12.2. The number of pyridine rings is 1. The molecule has 0 radical (unpaired) electrons. The van der Waals surface area contributed by atoms with Gasteiger partial charge in [-0.2, -0.15) is 0 Å². The minimum absolute atomic E-state index is 0.195. The van der Waals surface area contributed by atoms with Crippen LogP contribution in [0.4, 0.5) is 0 Å². The Morgan fingerprint density at radius 2 is 1.83 bits per heavy atom. The molecule has 1 aromatic heterocycles. The Labute approximate surface area is 137 Å². The van der Waals surface area contributed by atoms with Gasteiger partial charge in [-0.15, -0.1) is 0 Å². The number of nitrogens with one attached hydrogen (secondary N) is 2. The Bertz CT molecular complexity index is 539. The molecule has 1 saturated carbocycles. The molecule has 0 atom stereocenters. The molecule has 0 saturated heterocycles. The molecular formula is C17H26N4O2. The van der Waals surface area contributed by atoms with E-state index in [1.807, 2.05) is 14.1 Å². The molecule has 2 N–H and O–H groups in total. The Balaban J connectivity index is 1.87. The summed E-state index contributed by atoms with van der Waals surface area (Å²) in [5.41, 5.74) is 0.590. The third-order valence-electron chi connectivity index (χ3n) is 3.97. The van der Waals surface area contributed by atoms with Crippen molar-refractivity contribution in [2.75, 3.05) is 27.2 Å². The summed E-state index contributed by atoms with van der Waals surface area (Å²) in [6, 6.07) is 5.22. The molecule has 1 aliphatic carbocycles. The van der Waals surface area contributed by atoms with Crippen LogP contribution < -0.4 is 10.6 Å². The van der Waals surface area contributed by atoms with Crippen LogP contribution in [-0.2, 0) is 0 Å². The van der Waals surface area contributed by atoms with Crippen LogP contribution in [0.2, 0.25) is 0 Å². The maximum Gasteiger partial charge on any atom is 0.270 e. The second kappa shape index (κ2) is 8.62. The van der Waals surface area contributed by atoms with Gasteiger partial charge in [-0.3, -0.25) is 9.59 Å². The summed E-state index contributed by atoms with van der Waals surface area (Å²) < 4.78 is 0. The zero-order valence-electron chi connectivity index (χ0n) is 14.0. The molecule has 0 aromatic carbocycles. The lowest BCUT2D eigenvalue weighted by Crippen LogP contribution is -2.34. The second-order valence-electron chi connectivity index (χ2n) is 6.28. The van der Waals surface area contributed by atoms with Gasteiger partial charge in [0.25, 0.3) is 11.8 Å². The normalized spacial score (nSPS) is 14.9. The number of aromatic nitrogens is 1. The first-order valence-electron chi connectivity index (χ1n) is 8.27. The van der Waals surface area contributed by atoms with Crippen LogP contribution in [0.1, 0.15) is 53.1 Å². The Kier molecular flexibility index (Phi) is 6.52. The van der Waals surface area contributed by atoms with E-state index in [0.717, 1.165) is 38.6 Å². The van der Waals surface area contributed by atoms with Crippen molar-refractivity contribution < 1.29 is 9.59 Å². The molecule has 2 amide bonds. The van der Waals surface area contributed by atoms with Crippen molar-refractivity contribution in [1.29, 1.82) is 0 Å². The summed E-state index contributed by atoms with van der Waals surface area (Å²) in [6.45, 7) is 1.51. The molecule has 0 aliphatic heterocycles. The van der Waals surface area contributed by atoms with Crippen LogP contribution in [0.5, 0.6) is 0 Å². The molecule has 2 rings (SSSR count). The van der Waals surface area contributed by atoms with E-state index in [9.17, 15) is 9.59 Å². The second-order valence-corrected chi connectivity index (χ2v) is 6.28. The molecule has 0 bridgehead atoms. The monoisotopic (exact) mass is 318 g/mol. The van der Waals surface area contributed by atoms with Crippen molar-refractivity contribution in [2.24, 2.45) is 0 Å². The van der Waals surface area contributed by atoms with Crippen molar-refractivity contribution in [1.82, 2.24) is 20.5 Å². The van der Waals surface area contributed by atoms with Crippen LogP contribution in [0.15, 0.2) is 18.2 Å². The smallest absolute Gasteiger partial charge is 0.270 e. The highest BCUT2D eigenvalue weighted by molar-refractivity contribution is 5.96. The first-order chi connectivity index (χ1) is 11.1. The lowest BCUT2D eigenvalue weighted by Gasteiger charge is -2.12. The summed E-state index contributed by atoms with van der Waals surface area (Å²) in [5.74, 6) is -0.432. The number of nitrogens with zero attached hydrogens (tertiary/aromatic N) is 2. The summed E-state index contributed by atoms with van der Waals surface area (Å²) in [4.78, 5) is 30.6. The fourth-order valence-corrected chi connectivity index (χ4v) is 2.70. The maximum atomic E-state index is 12.2. The highest BCUT2D eigenvalue weighted by Gasteiger charge is 2.19. The van der Waals surface area contributed by atoms with Gasteiger partial charge in [0.15, 0.2) is 0 Å². The first-order valence-corrected chi connectivity index (χ1v) is 8.27. The van der Waals surface area contributed by atoms with Gasteiger partial charge in [0, 0.05) is 12.6 Å². The van der Waals surface area contributed by atoms with Crippen LogP contribution in [-0.4, -0.2) is 54.9 Å². The minimum Gasteiger partial charge on any atom is -0.351 e. The van der Waals surface area contributed by atoms with Crippen molar-refractivity contribution in [3.63, 3.8) is 0 Å². The van der Waals surface area contributed by atoms with Crippen molar-refractivity contribution in [3.05, 3.63) is 29.6 Å². The summed E-state index contributed by atoms with van der Waals surface area (Å²) in [5, 5.41) is 5.82. The fourth-order valence-electron chi connectivity index (χ4n) is 2.70. The third kappa shape index (κ3) is 5.63. The first kappa shape index (κ1) is 17.4. The van der Waals surface area contributed by atoms with Gasteiger partial charge in [0.1, 0.15) is 11.4 Å². The third-order valence-corrected chi connectivity index (χ3v) is 3.97. The van der Waals surface area contributed by atoms with Crippen LogP contribution in [0.25, 0.3) is 0 Å². The number of amides is 2. The van der Waals surface area contributed by atoms with Gasteiger partial charge in [0.05, 0.1) is 0 Å². The van der Waals surface area contributed by atoms with Crippen LogP contribution in [0.3, 0.4) is 0 Å². The fraction of sp³-hybridized carbons (Fsp3) is 0.588. The zero-order valence-corrected chi connectivity index (χ0v) is 14.0.